The second-order valence-corrected chi connectivity index (χ2v) is 4.03. The van der Waals surface area contributed by atoms with Gasteiger partial charge in [-0.05, 0) is 18.1 Å². The van der Waals surface area contributed by atoms with Crippen LogP contribution in [0.1, 0.15) is 24.2 Å². The SMILES string of the molecule is COc1cccc(N)c1C(=O)NCC(C)C. The van der Waals surface area contributed by atoms with Gasteiger partial charge in [0.15, 0.2) is 0 Å². The van der Waals surface area contributed by atoms with Crippen LogP contribution in [0, 0.1) is 5.92 Å². The molecule has 0 bridgehead atoms. The van der Waals surface area contributed by atoms with Gasteiger partial charge in [-0.1, -0.05) is 19.9 Å². The van der Waals surface area contributed by atoms with E-state index in [-0.39, 0.29) is 5.91 Å². The number of carbonyl (C=O) groups is 1. The largest absolute Gasteiger partial charge is 0.496 e. The Bertz CT molecular complexity index is 375. The molecule has 0 heterocycles. The minimum atomic E-state index is -0.191. The van der Waals surface area contributed by atoms with Crippen molar-refractivity contribution in [1.82, 2.24) is 5.32 Å². The van der Waals surface area contributed by atoms with Crippen LogP contribution in [0.5, 0.6) is 5.75 Å². The van der Waals surface area contributed by atoms with Gasteiger partial charge in [-0.2, -0.15) is 0 Å². The second kappa shape index (κ2) is 5.39. The molecule has 1 amide bonds. The standard InChI is InChI=1S/C12H18N2O2/c1-8(2)7-14-12(15)11-9(13)5-4-6-10(11)16-3/h4-6,8H,7,13H2,1-3H3,(H,14,15). The average Bonchev–Trinajstić information content (AvgIpc) is 2.25. The first-order valence-electron chi connectivity index (χ1n) is 5.27. The third kappa shape index (κ3) is 2.89. The lowest BCUT2D eigenvalue weighted by atomic mass is 10.1. The van der Waals surface area contributed by atoms with Crippen molar-refractivity contribution in [2.75, 3.05) is 19.4 Å². The highest BCUT2D eigenvalue weighted by Crippen LogP contribution is 2.23. The van der Waals surface area contributed by atoms with Crippen molar-refractivity contribution in [2.24, 2.45) is 5.92 Å². The number of hydrogen-bond acceptors (Lipinski definition) is 3. The molecule has 88 valence electrons. The number of amides is 1. The van der Waals surface area contributed by atoms with Crippen LogP contribution >= 0.6 is 0 Å². The Morgan fingerprint density at radius 1 is 1.50 bits per heavy atom. The smallest absolute Gasteiger partial charge is 0.257 e. The van der Waals surface area contributed by atoms with Crippen molar-refractivity contribution in [3.8, 4) is 5.75 Å². The number of benzene rings is 1. The summed E-state index contributed by atoms with van der Waals surface area (Å²) in [6.07, 6.45) is 0. The van der Waals surface area contributed by atoms with Crippen LogP contribution < -0.4 is 15.8 Å². The van der Waals surface area contributed by atoms with E-state index in [9.17, 15) is 4.79 Å². The van der Waals surface area contributed by atoms with Gasteiger partial charge in [0, 0.05) is 12.2 Å². The molecule has 4 nitrogen and oxygen atoms in total. The van der Waals surface area contributed by atoms with E-state index in [1.54, 1.807) is 18.2 Å². The summed E-state index contributed by atoms with van der Waals surface area (Å²) in [5, 5.41) is 2.82. The molecule has 16 heavy (non-hydrogen) atoms. The Kier molecular flexibility index (Phi) is 4.17. The Labute approximate surface area is 95.8 Å². The molecule has 0 saturated carbocycles. The summed E-state index contributed by atoms with van der Waals surface area (Å²) in [5.74, 6) is 0.713. The number of hydrogen-bond donors (Lipinski definition) is 2. The van der Waals surface area contributed by atoms with Gasteiger partial charge >= 0.3 is 0 Å². The molecule has 3 N–H and O–H groups in total. The molecule has 1 aromatic rings. The van der Waals surface area contributed by atoms with Crippen molar-refractivity contribution < 1.29 is 9.53 Å². The highest BCUT2D eigenvalue weighted by molar-refractivity contribution is 6.01. The molecule has 0 radical (unpaired) electrons. The fourth-order valence-electron chi connectivity index (χ4n) is 1.35. The Hall–Kier alpha value is -1.71. The summed E-state index contributed by atoms with van der Waals surface area (Å²) in [5.41, 5.74) is 6.60. The van der Waals surface area contributed by atoms with Crippen molar-refractivity contribution in [3.05, 3.63) is 23.8 Å². The fourth-order valence-corrected chi connectivity index (χ4v) is 1.35. The van der Waals surface area contributed by atoms with Gasteiger partial charge in [0.1, 0.15) is 11.3 Å². The van der Waals surface area contributed by atoms with E-state index >= 15 is 0 Å². The molecule has 0 aliphatic rings. The van der Waals surface area contributed by atoms with Crippen LogP contribution in [0.2, 0.25) is 0 Å². The van der Waals surface area contributed by atoms with Crippen LogP contribution in [-0.4, -0.2) is 19.6 Å². The van der Waals surface area contributed by atoms with E-state index in [4.69, 9.17) is 10.5 Å². The number of rotatable bonds is 4. The lowest BCUT2D eigenvalue weighted by molar-refractivity contribution is 0.0947. The van der Waals surface area contributed by atoms with E-state index in [0.29, 0.717) is 29.5 Å². The maximum Gasteiger partial charge on any atom is 0.257 e. The number of nitrogens with one attached hydrogen (secondary N) is 1. The summed E-state index contributed by atoms with van der Waals surface area (Å²) in [6.45, 7) is 4.69. The molecule has 0 aliphatic carbocycles. The number of methoxy groups -OCH3 is 1. The van der Waals surface area contributed by atoms with Crippen molar-refractivity contribution in [1.29, 1.82) is 0 Å². The maximum atomic E-state index is 11.9. The lowest BCUT2D eigenvalue weighted by Crippen LogP contribution is -2.28. The summed E-state index contributed by atoms with van der Waals surface area (Å²) < 4.78 is 5.11. The van der Waals surface area contributed by atoms with Crippen LogP contribution in [0.4, 0.5) is 5.69 Å². The molecule has 0 saturated heterocycles. The molecule has 0 fully saturated rings. The molecular weight excluding hydrogens is 204 g/mol. The molecule has 0 unspecified atom stereocenters. The first kappa shape index (κ1) is 12.4. The predicted octanol–water partition coefficient (Wildman–Crippen LogP) is 1.66. The molecule has 1 aromatic carbocycles. The van der Waals surface area contributed by atoms with E-state index in [0.717, 1.165) is 0 Å². The summed E-state index contributed by atoms with van der Waals surface area (Å²) in [6, 6.07) is 5.17. The van der Waals surface area contributed by atoms with Crippen molar-refractivity contribution in [2.45, 2.75) is 13.8 Å². The first-order valence-corrected chi connectivity index (χ1v) is 5.27. The maximum absolute atomic E-state index is 11.9. The lowest BCUT2D eigenvalue weighted by Gasteiger charge is -2.12. The Balaban J connectivity index is 2.89. The zero-order chi connectivity index (χ0) is 12.1. The van der Waals surface area contributed by atoms with Gasteiger partial charge in [0.2, 0.25) is 0 Å². The Morgan fingerprint density at radius 2 is 2.19 bits per heavy atom. The minimum absolute atomic E-state index is 0.191. The van der Waals surface area contributed by atoms with Crippen molar-refractivity contribution >= 4 is 11.6 Å². The van der Waals surface area contributed by atoms with Gasteiger partial charge in [-0.25, -0.2) is 0 Å². The topological polar surface area (TPSA) is 64.3 Å². The molecule has 0 aliphatic heterocycles. The average molecular weight is 222 g/mol. The first-order chi connectivity index (χ1) is 7.56. The number of nitrogen functional groups attached to an aromatic ring is 1. The molecule has 4 heteroatoms. The van der Waals surface area contributed by atoms with Crippen LogP contribution in [0.3, 0.4) is 0 Å². The normalized spacial score (nSPS) is 10.2. The highest BCUT2D eigenvalue weighted by atomic mass is 16.5. The number of ether oxygens (including phenoxy) is 1. The monoisotopic (exact) mass is 222 g/mol. The number of anilines is 1. The van der Waals surface area contributed by atoms with Crippen molar-refractivity contribution in [3.63, 3.8) is 0 Å². The van der Waals surface area contributed by atoms with Crippen LogP contribution in [0.15, 0.2) is 18.2 Å². The number of nitrogens with two attached hydrogens (primary N) is 1. The number of carbonyl (C=O) groups excluding carboxylic acids is 1. The summed E-state index contributed by atoms with van der Waals surface area (Å²) in [7, 11) is 1.52. The van der Waals surface area contributed by atoms with E-state index in [2.05, 4.69) is 5.32 Å². The van der Waals surface area contributed by atoms with Gasteiger partial charge in [0.05, 0.1) is 7.11 Å². The zero-order valence-corrected chi connectivity index (χ0v) is 9.91. The Morgan fingerprint density at radius 3 is 2.75 bits per heavy atom. The van der Waals surface area contributed by atoms with E-state index in [1.165, 1.54) is 7.11 Å². The third-order valence-corrected chi connectivity index (χ3v) is 2.18. The minimum Gasteiger partial charge on any atom is -0.496 e. The predicted molar refractivity (Wildman–Crippen MR) is 64.6 cm³/mol. The highest BCUT2D eigenvalue weighted by Gasteiger charge is 2.15. The molecule has 0 atom stereocenters. The molecule has 0 aromatic heterocycles. The van der Waals surface area contributed by atoms with Gasteiger partial charge in [-0.15, -0.1) is 0 Å². The van der Waals surface area contributed by atoms with E-state index < -0.39 is 0 Å². The summed E-state index contributed by atoms with van der Waals surface area (Å²) >= 11 is 0. The fraction of sp³-hybridized carbons (Fsp3) is 0.417. The second-order valence-electron chi connectivity index (χ2n) is 4.03. The van der Waals surface area contributed by atoms with Gasteiger partial charge in [-0.3, -0.25) is 4.79 Å². The zero-order valence-electron chi connectivity index (χ0n) is 9.91. The third-order valence-electron chi connectivity index (χ3n) is 2.18. The van der Waals surface area contributed by atoms with Crippen LogP contribution in [-0.2, 0) is 0 Å². The summed E-state index contributed by atoms with van der Waals surface area (Å²) in [4.78, 5) is 11.9. The molecule has 1 rings (SSSR count). The van der Waals surface area contributed by atoms with Gasteiger partial charge in [0.25, 0.3) is 5.91 Å². The molecular formula is C12H18N2O2. The van der Waals surface area contributed by atoms with E-state index in [1.807, 2.05) is 13.8 Å². The van der Waals surface area contributed by atoms with Gasteiger partial charge < -0.3 is 15.8 Å². The van der Waals surface area contributed by atoms with Crippen LogP contribution in [0.25, 0.3) is 0 Å². The molecule has 0 spiro atoms. The quantitative estimate of drug-likeness (QED) is 0.761.